The lowest BCUT2D eigenvalue weighted by molar-refractivity contribution is -0.119. The summed E-state index contributed by atoms with van der Waals surface area (Å²) < 4.78 is 18.5. The molecule has 0 saturated carbocycles. The fourth-order valence-electron chi connectivity index (χ4n) is 1.66. The van der Waals surface area contributed by atoms with E-state index in [0.29, 0.717) is 21.5 Å². The summed E-state index contributed by atoms with van der Waals surface area (Å²) in [6.45, 7) is -0.214. The van der Waals surface area contributed by atoms with Crippen molar-refractivity contribution in [3.8, 4) is 5.75 Å². The number of nitrogens with two attached hydrogens (primary N) is 1. The van der Waals surface area contributed by atoms with Crippen molar-refractivity contribution in [2.45, 2.75) is 0 Å². The molecule has 7 heteroatoms. The van der Waals surface area contributed by atoms with Crippen LogP contribution >= 0.6 is 15.9 Å². The molecule has 2 rings (SSSR count). The van der Waals surface area contributed by atoms with E-state index in [4.69, 9.17) is 10.5 Å². The van der Waals surface area contributed by atoms with Gasteiger partial charge in [-0.1, -0.05) is 0 Å². The first-order valence-corrected chi connectivity index (χ1v) is 7.02. The van der Waals surface area contributed by atoms with Gasteiger partial charge in [0.05, 0.1) is 5.56 Å². The van der Waals surface area contributed by atoms with Gasteiger partial charge in [-0.15, -0.1) is 0 Å². The van der Waals surface area contributed by atoms with Gasteiger partial charge in [0.15, 0.2) is 6.61 Å². The molecule has 0 aliphatic heterocycles. The van der Waals surface area contributed by atoms with Crippen molar-refractivity contribution in [3.63, 3.8) is 0 Å². The Morgan fingerprint density at radius 3 is 2.45 bits per heavy atom. The number of carbonyl (C=O) groups is 2. The van der Waals surface area contributed by atoms with Crippen molar-refractivity contribution >= 4 is 33.4 Å². The molecule has 0 saturated heterocycles. The lowest BCUT2D eigenvalue weighted by Crippen LogP contribution is -2.20. The molecule has 0 spiro atoms. The van der Waals surface area contributed by atoms with Gasteiger partial charge >= 0.3 is 0 Å². The molecular formula is C15H12BrFN2O3. The summed E-state index contributed by atoms with van der Waals surface area (Å²) in [4.78, 5) is 22.7. The molecule has 0 unspecified atom stereocenters. The van der Waals surface area contributed by atoms with E-state index in [2.05, 4.69) is 21.2 Å². The molecule has 0 aliphatic carbocycles. The van der Waals surface area contributed by atoms with Crippen LogP contribution < -0.4 is 15.8 Å². The molecule has 0 atom stereocenters. The fourth-order valence-corrected chi connectivity index (χ4v) is 2.19. The van der Waals surface area contributed by atoms with Crippen LogP contribution in [0.3, 0.4) is 0 Å². The van der Waals surface area contributed by atoms with Crippen LogP contribution in [0.2, 0.25) is 0 Å². The van der Waals surface area contributed by atoms with Crippen molar-refractivity contribution in [1.82, 2.24) is 0 Å². The quantitative estimate of drug-likeness (QED) is 0.853. The van der Waals surface area contributed by atoms with Gasteiger partial charge in [-0.05, 0) is 58.4 Å². The fraction of sp³-hybridized carbons (Fsp3) is 0.0667. The molecule has 0 heterocycles. The first-order valence-electron chi connectivity index (χ1n) is 6.23. The van der Waals surface area contributed by atoms with Crippen LogP contribution in [0.15, 0.2) is 46.9 Å². The van der Waals surface area contributed by atoms with Crippen LogP contribution in [-0.4, -0.2) is 18.4 Å². The van der Waals surface area contributed by atoms with Crippen molar-refractivity contribution in [3.05, 3.63) is 58.3 Å². The summed E-state index contributed by atoms with van der Waals surface area (Å²) >= 11 is 3.14. The lowest BCUT2D eigenvalue weighted by Gasteiger charge is -2.08. The van der Waals surface area contributed by atoms with Crippen LogP contribution in [0.25, 0.3) is 0 Å². The van der Waals surface area contributed by atoms with Gasteiger partial charge in [-0.3, -0.25) is 9.59 Å². The Hall–Kier alpha value is -2.41. The molecule has 114 valence electrons. The summed E-state index contributed by atoms with van der Waals surface area (Å²) in [5, 5.41) is 2.67. The number of benzene rings is 2. The highest BCUT2D eigenvalue weighted by molar-refractivity contribution is 9.10. The molecule has 2 aromatic carbocycles. The Kier molecular flexibility index (Phi) is 5.11. The number of carbonyl (C=O) groups excluding carboxylic acids is 2. The minimum Gasteiger partial charge on any atom is -0.484 e. The van der Waals surface area contributed by atoms with E-state index in [1.165, 1.54) is 18.2 Å². The Labute approximate surface area is 134 Å². The van der Waals surface area contributed by atoms with Crippen molar-refractivity contribution < 1.29 is 18.7 Å². The SMILES string of the molecule is NC(=O)COc1ccc(NC(=O)c2ccc(F)cc2Br)cc1. The molecule has 22 heavy (non-hydrogen) atoms. The summed E-state index contributed by atoms with van der Waals surface area (Å²) in [5.41, 5.74) is 5.82. The van der Waals surface area contributed by atoms with E-state index in [0.717, 1.165) is 0 Å². The summed E-state index contributed by atoms with van der Waals surface area (Å²) in [6.07, 6.45) is 0. The van der Waals surface area contributed by atoms with Crippen LogP contribution in [-0.2, 0) is 4.79 Å². The third-order valence-electron chi connectivity index (χ3n) is 2.67. The highest BCUT2D eigenvalue weighted by Crippen LogP contribution is 2.21. The maximum Gasteiger partial charge on any atom is 0.256 e. The molecule has 0 fully saturated rings. The molecule has 0 bridgehead atoms. The number of amides is 2. The molecule has 5 nitrogen and oxygen atoms in total. The van der Waals surface area contributed by atoms with Crippen LogP contribution in [0, 0.1) is 5.82 Å². The van der Waals surface area contributed by atoms with Gasteiger partial charge in [0.2, 0.25) is 0 Å². The third kappa shape index (κ3) is 4.29. The lowest BCUT2D eigenvalue weighted by atomic mass is 10.2. The maximum absolute atomic E-state index is 13.0. The Balaban J connectivity index is 2.04. The van der Waals surface area contributed by atoms with Crippen LogP contribution in [0.1, 0.15) is 10.4 Å². The number of ether oxygens (including phenoxy) is 1. The van der Waals surface area contributed by atoms with E-state index in [-0.39, 0.29) is 12.5 Å². The van der Waals surface area contributed by atoms with Crippen molar-refractivity contribution in [1.29, 1.82) is 0 Å². The number of halogens is 2. The number of anilines is 1. The average molecular weight is 367 g/mol. The van der Waals surface area contributed by atoms with E-state index in [9.17, 15) is 14.0 Å². The average Bonchev–Trinajstić information content (AvgIpc) is 2.46. The number of hydrogen-bond donors (Lipinski definition) is 2. The van der Waals surface area contributed by atoms with E-state index in [1.807, 2.05) is 0 Å². The zero-order valence-electron chi connectivity index (χ0n) is 11.3. The largest absolute Gasteiger partial charge is 0.484 e. The number of nitrogens with one attached hydrogen (secondary N) is 1. The highest BCUT2D eigenvalue weighted by atomic mass is 79.9. The van der Waals surface area contributed by atoms with E-state index in [1.54, 1.807) is 24.3 Å². The van der Waals surface area contributed by atoms with Crippen molar-refractivity contribution in [2.24, 2.45) is 5.73 Å². The first-order chi connectivity index (χ1) is 10.5. The van der Waals surface area contributed by atoms with Crippen LogP contribution in [0.4, 0.5) is 10.1 Å². The molecule has 3 N–H and O–H groups in total. The third-order valence-corrected chi connectivity index (χ3v) is 3.33. The minimum absolute atomic E-state index is 0.214. The normalized spacial score (nSPS) is 10.1. The smallest absolute Gasteiger partial charge is 0.256 e. The molecule has 2 amide bonds. The first kappa shape index (κ1) is 16.0. The van der Waals surface area contributed by atoms with Gasteiger partial charge in [0, 0.05) is 10.2 Å². The molecule has 0 aromatic heterocycles. The number of rotatable bonds is 5. The van der Waals surface area contributed by atoms with Crippen molar-refractivity contribution in [2.75, 3.05) is 11.9 Å². The zero-order chi connectivity index (χ0) is 16.1. The maximum atomic E-state index is 13.0. The summed E-state index contributed by atoms with van der Waals surface area (Å²) in [6, 6.07) is 10.2. The summed E-state index contributed by atoms with van der Waals surface area (Å²) in [7, 11) is 0. The minimum atomic E-state index is -0.571. The monoisotopic (exact) mass is 366 g/mol. The predicted octanol–water partition coefficient (Wildman–Crippen LogP) is 2.70. The van der Waals surface area contributed by atoms with Gasteiger partial charge in [-0.25, -0.2) is 4.39 Å². The second-order valence-corrected chi connectivity index (χ2v) is 5.21. The Morgan fingerprint density at radius 2 is 1.86 bits per heavy atom. The Bertz CT molecular complexity index is 704. The topological polar surface area (TPSA) is 81.4 Å². The summed E-state index contributed by atoms with van der Waals surface area (Å²) in [5.74, 6) is -0.921. The molecule has 0 radical (unpaired) electrons. The van der Waals surface area contributed by atoms with Gasteiger partial charge in [0.25, 0.3) is 11.8 Å². The van der Waals surface area contributed by atoms with E-state index < -0.39 is 11.7 Å². The second kappa shape index (κ2) is 7.04. The second-order valence-electron chi connectivity index (χ2n) is 4.36. The van der Waals surface area contributed by atoms with Gasteiger partial charge < -0.3 is 15.8 Å². The zero-order valence-corrected chi connectivity index (χ0v) is 12.9. The van der Waals surface area contributed by atoms with Gasteiger partial charge in [-0.2, -0.15) is 0 Å². The number of hydrogen-bond acceptors (Lipinski definition) is 3. The van der Waals surface area contributed by atoms with E-state index >= 15 is 0 Å². The van der Waals surface area contributed by atoms with Crippen LogP contribution in [0.5, 0.6) is 5.75 Å². The molecule has 0 aliphatic rings. The number of primary amides is 1. The predicted molar refractivity (Wildman–Crippen MR) is 83.2 cm³/mol. The van der Waals surface area contributed by atoms with Gasteiger partial charge in [0.1, 0.15) is 11.6 Å². The molecular weight excluding hydrogens is 355 g/mol. The standard InChI is InChI=1S/C15H12BrFN2O3/c16-13-7-9(17)1-6-12(13)15(21)19-10-2-4-11(5-3-10)22-8-14(18)20/h1-7H,8H2,(H2,18,20)(H,19,21). The highest BCUT2D eigenvalue weighted by Gasteiger charge is 2.11. The molecule has 2 aromatic rings. The Morgan fingerprint density at radius 1 is 1.18 bits per heavy atom.